The maximum absolute atomic E-state index is 12.4. The topological polar surface area (TPSA) is 73.1 Å². The summed E-state index contributed by atoms with van der Waals surface area (Å²) in [5.41, 5.74) is 1.63. The summed E-state index contributed by atoms with van der Waals surface area (Å²) >= 11 is 5.97. The Morgan fingerprint density at radius 3 is 2.62 bits per heavy atom. The minimum atomic E-state index is 0.0398. The van der Waals surface area contributed by atoms with Crippen LogP contribution in [0.15, 0.2) is 30.3 Å². The lowest BCUT2D eigenvalue weighted by Crippen LogP contribution is -2.50. The molecule has 2 aromatic rings. The summed E-state index contributed by atoms with van der Waals surface area (Å²) in [6.45, 7) is 3.89. The SMILES string of the molecule is Cc1nc(Cl)cc(N2CCN(Cc3ccc(C#N)cc3)C(=O)C2)n1. The number of aromatic nitrogens is 2. The highest BCUT2D eigenvalue weighted by Gasteiger charge is 2.25. The van der Waals surface area contributed by atoms with Gasteiger partial charge in [-0.15, -0.1) is 0 Å². The second-order valence-electron chi connectivity index (χ2n) is 5.64. The number of amides is 1. The van der Waals surface area contributed by atoms with Crippen LogP contribution in [0.2, 0.25) is 5.15 Å². The van der Waals surface area contributed by atoms with Crippen molar-refractivity contribution in [1.29, 1.82) is 5.26 Å². The molecule has 1 aliphatic heterocycles. The average molecular weight is 342 g/mol. The fraction of sp³-hybridized carbons (Fsp3) is 0.294. The molecule has 1 aromatic heterocycles. The number of halogens is 1. The van der Waals surface area contributed by atoms with Crippen molar-refractivity contribution in [3.8, 4) is 6.07 Å². The number of carbonyl (C=O) groups excluding carboxylic acids is 1. The van der Waals surface area contributed by atoms with E-state index in [0.29, 0.717) is 42.0 Å². The molecule has 1 aliphatic rings. The number of hydrogen-bond donors (Lipinski definition) is 0. The van der Waals surface area contributed by atoms with E-state index < -0.39 is 0 Å². The molecule has 6 nitrogen and oxygen atoms in total. The number of carbonyl (C=O) groups is 1. The third-order valence-corrected chi connectivity index (χ3v) is 4.09. The first-order valence-electron chi connectivity index (χ1n) is 7.58. The Hall–Kier alpha value is -2.65. The molecule has 0 aliphatic carbocycles. The van der Waals surface area contributed by atoms with Crippen molar-refractivity contribution < 1.29 is 4.79 Å². The lowest BCUT2D eigenvalue weighted by molar-refractivity contribution is -0.131. The van der Waals surface area contributed by atoms with E-state index in [0.717, 1.165) is 5.56 Å². The lowest BCUT2D eigenvalue weighted by Gasteiger charge is -2.35. The summed E-state index contributed by atoms with van der Waals surface area (Å²) in [4.78, 5) is 24.6. The van der Waals surface area contributed by atoms with Crippen LogP contribution in [-0.2, 0) is 11.3 Å². The van der Waals surface area contributed by atoms with Crippen LogP contribution < -0.4 is 4.90 Å². The van der Waals surface area contributed by atoms with E-state index in [4.69, 9.17) is 16.9 Å². The van der Waals surface area contributed by atoms with Crippen LogP contribution in [0.4, 0.5) is 5.82 Å². The Labute approximate surface area is 145 Å². The van der Waals surface area contributed by atoms with Gasteiger partial charge in [0, 0.05) is 25.7 Å². The number of anilines is 1. The molecule has 24 heavy (non-hydrogen) atoms. The van der Waals surface area contributed by atoms with E-state index in [9.17, 15) is 4.79 Å². The first-order valence-corrected chi connectivity index (χ1v) is 7.96. The minimum Gasteiger partial charge on any atom is -0.345 e. The molecule has 2 heterocycles. The predicted octanol–water partition coefficient (Wildman–Crippen LogP) is 2.16. The number of piperazine rings is 1. The van der Waals surface area contributed by atoms with Crippen LogP contribution in [0.25, 0.3) is 0 Å². The van der Waals surface area contributed by atoms with Gasteiger partial charge >= 0.3 is 0 Å². The summed E-state index contributed by atoms with van der Waals surface area (Å²) in [5.74, 6) is 1.31. The molecule has 0 N–H and O–H groups in total. The van der Waals surface area contributed by atoms with Gasteiger partial charge in [-0.1, -0.05) is 23.7 Å². The van der Waals surface area contributed by atoms with Crippen molar-refractivity contribution in [3.63, 3.8) is 0 Å². The largest absolute Gasteiger partial charge is 0.345 e. The van der Waals surface area contributed by atoms with Crippen LogP contribution in [-0.4, -0.2) is 40.4 Å². The highest BCUT2D eigenvalue weighted by atomic mass is 35.5. The Bertz CT molecular complexity index is 779. The maximum Gasteiger partial charge on any atom is 0.242 e. The van der Waals surface area contributed by atoms with E-state index in [1.54, 1.807) is 25.1 Å². The highest BCUT2D eigenvalue weighted by molar-refractivity contribution is 6.29. The van der Waals surface area contributed by atoms with Crippen molar-refractivity contribution in [1.82, 2.24) is 14.9 Å². The minimum absolute atomic E-state index is 0.0398. The summed E-state index contributed by atoms with van der Waals surface area (Å²) in [6.07, 6.45) is 0. The molecular weight excluding hydrogens is 326 g/mol. The highest BCUT2D eigenvalue weighted by Crippen LogP contribution is 2.19. The standard InChI is InChI=1S/C17H16ClN5O/c1-12-20-15(18)8-16(21-12)22-6-7-23(17(24)11-22)10-14-4-2-13(9-19)3-5-14/h2-5,8H,6-7,10-11H2,1H3. The van der Waals surface area contributed by atoms with Crippen molar-refractivity contribution in [3.05, 3.63) is 52.4 Å². The summed E-state index contributed by atoms with van der Waals surface area (Å²) < 4.78 is 0. The van der Waals surface area contributed by atoms with Crippen molar-refractivity contribution >= 4 is 23.3 Å². The Morgan fingerprint density at radius 2 is 2.00 bits per heavy atom. The van der Waals surface area contributed by atoms with Gasteiger partial charge in [0.1, 0.15) is 16.8 Å². The summed E-state index contributed by atoms with van der Waals surface area (Å²) in [7, 11) is 0. The fourth-order valence-electron chi connectivity index (χ4n) is 2.65. The van der Waals surface area contributed by atoms with E-state index >= 15 is 0 Å². The van der Waals surface area contributed by atoms with Crippen LogP contribution in [0.1, 0.15) is 17.0 Å². The molecule has 0 bridgehead atoms. The van der Waals surface area contributed by atoms with Crippen LogP contribution >= 0.6 is 11.6 Å². The molecular formula is C17H16ClN5O. The Kier molecular flexibility index (Phi) is 4.63. The zero-order chi connectivity index (χ0) is 17.1. The van der Waals surface area contributed by atoms with Crippen LogP contribution in [0, 0.1) is 18.3 Å². The Balaban J connectivity index is 1.66. The fourth-order valence-corrected chi connectivity index (χ4v) is 2.87. The quantitative estimate of drug-likeness (QED) is 0.800. The summed E-state index contributed by atoms with van der Waals surface area (Å²) in [6, 6.07) is 11.1. The number of hydrogen-bond acceptors (Lipinski definition) is 5. The average Bonchev–Trinajstić information content (AvgIpc) is 2.56. The molecule has 0 radical (unpaired) electrons. The smallest absolute Gasteiger partial charge is 0.242 e. The van der Waals surface area contributed by atoms with Gasteiger partial charge in [0.25, 0.3) is 0 Å². The summed E-state index contributed by atoms with van der Waals surface area (Å²) in [5, 5.41) is 9.21. The van der Waals surface area contributed by atoms with Gasteiger partial charge in [0.2, 0.25) is 5.91 Å². The number of benzene rings is 1. The van der Waals surface area contributed by atoms with E-state index in [2.05, 4.69) is 16.0 Å². The van der Waals surface area contributed by atoms with Gasteiger partial charge in [-0.05, 0) is 24.6 Å². The molecule has 0 unspecified atom stereocenters. The van der Waals surface area contributed by atoms with Gasteiger partial charge in [0.15, 0.2) is 0 Å². The normalized spacial score (nSPS) is 14.6. The number of nitriles is 1. The van der Waals surface area contributed by atoms with Crippen molar-refractivity contribution in [2.24, 2.45) is 0 Å². The van der Waals surface area contributed by atoms with Gasteiger partial charge < -0.3 is 9.80 Å². The van der Waals surface area contributed by atoms with Gasteiger partial charge in [-0.25, -0.2) is 9.97 Å². The molecule has 0 atom stereocenters. The molecule has 3 rings (SSSR count). The van der Waals surface area contributed by atoms with E-state index in [1.165, 1.54) is 0 Å². The molecule has 0 saturated carbocycles. The number of rotatable bonds is 3. The zero-order valence-electron chi connectivity index (χ0n) is 13.2. The number of aryl methyl sites for hydroxylation is 1. The zero-order valence-corrected chi connectivity index (χ0v) is 14.0. The monoisotopic (exact) mass is 341 g/mol. The molecule has 122 valence electrons. The molecule has 1 amide bonds. The Morgan fingerprint density at radius 1 is 1.25 bits per heavy atom. The lowest BCUT2D eigenvalue weighted by atomic mass is 10.1. The number of nitrogens with zero attached hydrogens (tertiary/aromatic N) is 5. The van der Waals surface area contributed by atoms with Crippen LogP contribution in [0.5, 0.6) is 0 Å². The molecule has 1 fully saturated rings. The van der Waals surface area contributed by atoms with Crippen molar-refractivity contribution in [2.75, 3.05) is 24.5 Å². The predicted molar refractivity (Wildman–Crippen MR) is 90.6 cm³/mol. The van der Waals surface area contributed by atoms with Gasteiger partial charge in [-0.2, -0.15) is 5.26 Å². The third-order valence-electron chi connectivity index (χ3n) is 3.89. The van der Waals surface area contributed by atoms with Crippen molar-refractivity contribution in [2.45, 2.75) is 13.5 Å². The molecule has 1 saturated heterocycles. The molecule has 1 aromatic carbocycles. The van der Waals surface area contributed by atoms with E-state index in [1.807, 2.05) is 21.9 Å². The second-order valence-corrected chi connectivity index (χ2v) is 6.03. The first kappa shape index (κ1) is 16.2. The third kappa shape index (κ3) is 3.63. The second kappa shape index (κ2) is 6.85. The molecule has 0 spiro atoms. The van der Waals surface area contributed by atoms with E-state index in [-0.39, 0.29) is 12.5 Å². The first-order chi connectivity index (χ1) is 11.5. The van der Waals surface area contributed by atoms with Gasteiger partial charge in [-0.3, -0.25) is 4.79 Å². The molecule has 7 heteroatoms. The van der Waals surface area contributed by atoms with Crippen LogP contribution in [0.3, 0.4) is 0 Å². The maximum atomic E-state index is 12.4. The van der Waals surface area contributed by atoms with Gasteiger partial charge in [0.05, 0.1) is 18.2 Å².